The lowest BCUT2D eigenvalue weighted by molar-refractivity contribution is -0.253. The maximum Gasteiger partial charge on any atom is 0.309 e. The van der Waals surface area contributed by atoms with Crippen LogP contribution in [0.2, 0.25) is 0 Å². The Bertz CT molecular complexity index is 726. The molecule has 210 valence electrons. The molecule has 0 bridgehead atoms. The van der Waals surface area contributed by atoms with Crippen LogP contribution >= 0.6 is 0 Å². The van der Waals surface area contributed by atoms with Crippen molar-refractivity contribution in [3.63, 3.8) is 0 Å². The number of hydrogen-bond donors (Lipinski definition) is 2. The van der Waals surface area contributed by atoms with Gasteiger partial charge >= 0.3 is 11.9 Å². The highest BCUT2D eigenvalue weighted by Gasteiger charge is 2.49. The summed E-state index contributed by atoms with van der Waals surface area (Å²) in [5.41, 5.74) is -3.56. The van der Waals surface area contributed by atoms with Crippen LogP contribution in [0.1, 0.15) is 122 Å². The third kappa shape index (κ3) is 7.21. The highest BCUT2D eigenvalue weighted by atomic mass is 16.6. The first-order valence-electron chi connectivity index (χ1n) is 13.4. The molecule has 0 unspecified atom stereocenters. The summed E-state index contributed by atoms with van der Waals surface area (Å²) >= 11 is 0. The highest BCUT2D eigenvalue weighted by Crippen LogP contribution is 2.42. The van der Waals surface area contributed by atoms with Crippen molar-refractivity contribution in [3.8, 4) is 0 Å². The third-order valence-electron chi connectivity index (χ3n) is 8.03. The Balaban J connectivity index is 1.97. The van der Waals surface area contributed by atoms with Crippen LogP contribution in [0.3, 0.4) is 0 Å². The number of nitrogens with zero attached hydrogens (tertiary/aromatic N) is 2. The van der Waals surface area contributed by atoms with Crippen molar-refractivity contribution >= 4 is 11.9 Å². The smallest absolute Gasteiger partial charge is 0.309 e. The largest absolute Gasteiger partial charge is 0.459 e. The molecular weight excluding hydrogens is 460 g/mol. The molecule has 8 nitrogen and oxygen atoms in total. The second kappa shape index (κ2) is 9.83. The van der Waals surface area contributed by atoms with Gasteiger partial charge in [-0.2, -0.15) is 10.1 Å². The van der Waals surface area contributed by atoms with Gasteiger partial charge in [0.05, 0.1) is 11.8 Å². The van der Waals surface area contributed by atoms with E-state index < -0.39 is 33.4 Å². The van der Waals surface area contributed by atoms with Gasteiger partial charge in [-0.25, -0.2) is 0 Å². The zero-order chi connectivity index (χ0) is 28.1. The van der Waals surface area contributed by atoms with Crippen molar-refractivity contribution in [1.82, 2.24) is 10.1 Å². The van der Waals surface area contributed by atoms with Crippen LogP contribution in [-0.2, 0) is 19.1 Å². The van der Waals surface area contributed by atoms with Gasteiger partial charge < -0.3 is 19.9 Å². The highest BCUT2D eigenvalue weighted by molar-refractivity contribution is 5.74. The predicted octanol–water partition coefficient (Wildman–Crippen LogP) is 5.73. The minimum Gasteiger partial charge on any atom is -0.459 e. The molecular formula is C28H52N2O6. The molecule has 2 heterocycles. The first-order valence-corrected chi connectivity index (χ1v) is 13.4. The molecule has 0 radical (unpaired) electrons. The minimum atomic E-state index is -0.725. The van der Waals surface area contributed by atoms with Crippen molar-refractivity contribution in [2.24, 2.45) is 11.8 Å². The molecule has 2 rings (SSSR count). The molecule has 0 aromatic rings. The van der Waals surface area contributed by atoms with Crippen LogP contribution in [0.4, 0.5) is 0 Å². The van der Waals surface area contributed by atoms with E-state index in [9.17, 15) is 20.0 Å². The molecule has 0 amide bonds. The zero-order valence-corrected chi connectivity index (χ0v) is 24.8. The number of ether oxygens (including phenoxy) is 2. The summed E-state index contributed by atoms with van der Waals surface area (Å²) in [5, 5.41) is 23.8. The zero-order valence-electron chi connectivity index (χ0n) is 24.8. The summed E-state index contributed by atoms with van der Waals surface area (Å²) in [6.07, 6.45) is 3.15. The number of esters is 2. The Hall–Kier alpha value is -1.22. The van der Waals surface area contributed by atoms with E-state index in [0.717, 1.165) is 0 Å². The average molecular weight is 513 g/mol. The molecule has 0 spiro atoms. The first-order chi connectivity index (χ1) is 15.9. The lowest BCUT2D eigenvalue weighted by Gasteiger charge is -2.51. The standard InChI is InChI=1S/C28H52N2O6/c1-23(2)15-19(16-24(3,4)29(23)33)21(31)35-27(9,10)13-14-28(11,12)36-22(32)20-17-25(5,6)30(34)26(7,8)18-20/h19-20,33-34H,13-18H2,1-12H3. The van der Waals surface area contributed by atoms with Crippen molar-refractivity contribution < 1.29 is 29.5 Å². The van der Waals surface area contributed by atoms with E-state index in [0.29, 0.717) is 38.5 Å². The van der Waals surface area contributed by atoms with E-state index in [1.54, 1.807) is 0 Å². The maximum atomic E-state index is 13.1. The number of carbonyl (C=O) groups is 2. The maximum absolute atomic E-state index is 13.1. The van der Waals surface area contributed by atoms with Gasteiger partial charge in [-0.15, -0.1) is 0 Å². The Morgan fingerprint density at radius 3 is 1.08 bits per heavy atom. The molecule has 0 aliphatic carbocycles. The molecule has 2 N–H and O–H groups in total. The van der Waals surface area contributed by atoms with Crippen LogP contribution < -0.4 is 0 Å². The van der Waals surface area contributed by atoms with Gasteiger partial charge in [-0.05, 0) is 122 Å². The monoisotopic (exact) mass is 512 g/mol. The second-order valence-electron chi connectivity index (χ2n) is 14.9. The molecule has 8 heteroatoms. The fraction of sp³-hybridized carbons (Fsp3) is 0.929. The van der Waals surface area contributed by atoms with Crippen molar-refractivity contribution in [1.29, 1.82) is 0 Å². The summed E-state index contributed by atoms with van der Waals surface area (Å²) in [7, 11) is 0. The van der Waals surface area contributed by atoms with Crippen LogP contribution in [0.25, 0.3) is 0 Å². The molecule has 2 saturated heterocycles. The topological polar surface area (TPSA) is 99.5 Å². The van der Waals surface area contributed by atoms with Gasteiger partial charge in [0.2, 0.25) is 0 Å². The van der Waals surface area contributed by atoms with Crippen LogP contribution in [-0.4, -0.2) is 65.8 Å². The van der Waals surface area contributed by atoms with Gasteiger partial charge in [0.1, 0.15) is 11.2 Å². The van der Waals surface area contributed by atoms with Gasteiger partial charge in [-0.1, -0.05) is 0 Å². The molecule has 2 aliphatic rings. The Kier molecular flexibility index (Phi) is 8.46. The quantitative estimate of drug-likeness (QED) is 0.417. The SMILES string of the molecule is CC(C)(CCC(C)(C)OC(=O)C1CC(C)(C)N(O)C(C)(C)C1)OC(=O)C1CC(C)(C)N(O)C(C)(C)C1. The molecule has 0 atom stereocenters. The van der Waals surface area contributed by atoms with Gasteiger partial charge in [0.25, 0.3) is 0 Å². The summed E-state index contributed by atoms with van der Waals surface area (Å²) in [4.78, 5) is 26.2. The van der Waals surface area contributed by atoms with Crippen molar-refractivity contribution in [3.05, 3.63) is 0 Å². The van der Waals surface area contributed by atoms with E-state index in [4.69, 9.17) is 9.47 Å². The summed E-state index contributed by atoms with van der Waals surface area (Å²) in [6.45, 7) is 23.0. The van der Waals surface area contributed by atoms with E-state index in [1.165, 1.54) is 10.1 Å². The molecule has 2 fully saturated rings. The number of carbonyl (C=O) groups excluding carboxylic acids is 2. The number of hydrogen-bond acceptors (Lipinski definition) is 8. The fourth-order valence-corrected chi connectivity index (χ4v) is 6.29. The fourth-order valence-electron chi connectivity index (χ4n) is 6.29. The molecule has 2 aliphatic heterocycles. The minimum absolute atomic E-state index is 0.246. The van der Waals surface area contributed by atoms with Gasteiger partial charge in [0.15, 0.2) is 0 Å². The predicted molar refractivity (Wildman–Crippen MR) is 139 cm³/mol. The molecule has 0 aromatic heterocycles. The Morgan fingerprint density at radius 2 is 0.861 bits per heavy atom. The Labute approximate surface area is 218 Å². The van der Waals surface area contributed by atoms with Crippen LogP contribution in [0, 0.1) is 11.8 Å². The van der Waals surface area contributed by atoms with E-state index in [1.807, 2.05) is 83.1 Å². The van der Waals surface area contributed by atoms with Crippen LogP contribution in [0.15, 0.2) is 0 Å². The molecule has 0 aromatic carbocycles. The molecule has 36 heavy (non-hydrogen) atoms. The third-order valence-corrected chi connectivity index (χ3v) is 8.03. The second-order valence-corrected chi connectivity index (χ2v) is 14.9. The first kappa shape index (κ1) is 31.0. The normalized spacial score (nSPS) is 25.4. The van der Waals surface area contributed by atoms with Crippen LogP contribution in [0.5, 0.6) is 0 Å². The Morgan fingerprint density at radius 1 is 0.639 bits per heavy atom. The number of piperidine rings is 2. The molecule has 0 saturated carbocycles. The van der Waals surface area contributed by atoms with Crippen molar-refractivity contribution in [2.75, 3.05) is 0 Å². The van der Waals surface area contributed by atoms with E-state index in [-0.39, 0.29) is 23.8 Å². The summed E-state index contributed by atoms with van der Waals surface area (Å²) < 4.78 is 11.9. The number of hydroxylamine groups is 4. The van der Waals surface area contributed by atoms with Gasteiger partial charge in [-0.3, -0.25) is 9.59 Å². The lowest BCUT2D eigenvalue weighted by atomic mass is 9.75. The van der Waals surface area contributed by atoms with E-state index in [2.05, 4.69) is 0 Å². The average Bonchev–Trinajstić information content (AvgIpc) is 2.67. The number of rotatable bonds is 7. The van der Waals surface area contributed by atoms with Gasteiger partial charge in [0, 0.05) is 22.2 Å². The lowest BCUT2D eigenvalue weighted by Crippen LogP contribution is -2.60. The summed E-state index contributed by atoms with van der Waals surface area (Å²) in [5.74, 6) is -1.09. The van der Waals surface area contributed by atoms with Crippen molar-refractivity contribution in [2.45, 2.75) is 155 Å². The summed E-state index contributed by atoms with van der Waals surface area (Å²) in [6, 6.07) is 0. The van der Waals surface area contributed by atoms with E-state index >= 15 is 0 Å².